The van der Waals surface area contributed by atoms with Crippen LogP contribution in [0.2, 0.25) is 0 Å². The first-order valence-corrected chi connectivity index (χ1v) is 6.38. The second kappa shape index (κ2) is 8.60. The molecule has 18 heavy (non-hydrogen) atoms. The molecule has 3 N–H and O–H groups in total. The molecule has 0 atom stereocenters. The number of nitrogens with zero attached hydrogens (tertiary/aromatic N) is 1. The van der Waals surface area contributed by atoms with E-state index in [1.165, 1.54) is 0 Å². The van der Waals surface area contributed by atoms with Crippen molar-refractivity contribution in [2.45, 2.75) is 26.4 Å². The number of hydrogen-bond acceptors (Lipinski definition) is 3. The van der Waals surface area contributed by atoms with Crippen molar-refractivity contribution in [3.05, 3.63) is 35.4 Å². The van der Waals surface area contributed by atoms with E-state index >= 15 is 0 Å². The molecule has 0 heterocycles. The van der Waals surface area contributed by atoms with Crippen LogP contribution in [0.4, 0.5) is 0 Å². The van der Waals surface area contributed by atoms with Gasteiger partial charge in [-0.05, 0) is 29.8 Å². The molecule has 0 saturated heterocycles. The molecule has 5 heteroatoms. The van der Waals surface area contributed by atoms with Crippen molar-refractivity contribution in [3.8, 4) is 0 Å². The third kappa shape index (κ3) is 6.32. The van der Waals surface area contributed by atoms with Crippen molar-refractivity contribution >= 4 is 23.5 Å². The number of hydrogen-bond donors (Lipinski definition) is 2. The fraction of sp³-hybridized carbons (Fsp3) is 0.385. The van der Waals surface area contributed by atoms with Crippen molar-refractivity contribution < 1.29 is 4.74 Å². The van der Waals surface area contributed by atoms with Crippen LogP contribution >= 0.6 is 12.2 Å². The normalized spacial score (nSPS) is 10.7. The summed E-state index contributed by atoms with van der Waals surface area (Å²) in [6.07, 6.45) is 3.93. The second-order valence-electron chi connectivity index (χ2n) is 3.88. The van der Waals surface area contributed by atoms with E-state index in [1.54, 1.807) is 6.21 Å². The van der Waals surface area contributed by atoms with E-state index in [1.807, 2.05) is 24.3 Å². The van der Waals surface area contributed by atoms with Crippen molar-refractivity contribution in [2.24, 2.45) is 10.8 Å². The Balaban J connectivity index is 2.37. The van der Waals surface area contributed by atoms with Gasteiger partial charge in [-0.25, -0.2) is 0 Å². The van der Waals surface area contributed by atoms with E-state index in [9.17, 15) is 0 Å². The van der Waals surface area contributed by atoms with Gasteiger partial charge in [-0.3, -0.25) is 5.43 Å². The van der Waals surface area contributed by atoms with E-state index in [0.29, 0.717) is 6.61 Å². The zero-order valence-corrected chi connectivity index (χ0v) is 11.4. The van der Waals surface area contributed by atoms with Gasteiger partial charge in [-0.1, -0.05) is 37.6 Å². The molecule has 4 nitrogen and oxygen atoms in total. The number of ether oxygens (including phenoxy) is 1. The molecule has 0 amide bonds. The lowest BCUT2D eigenvalue weighted by atomic mass is 10.1. The lowest BCUT2D eigenvalue weighted by Gasteiger charge is -2.03. The Morgan fingerprint density at radius 3 is 2.78 bits per heavy atom. The van der Waals surface area contributed by atoms with Crippen LogP contribution in [0.3, 0.4) is 0 Å². The molecule has 0 saturated carbocycles. The third-order valence-electron chi connectivity index (χ3n) is 2.28. The van der Waals surface area contributed by atoms with Gasteiger partial charge in [-0.2, -0.15) is 5.10 Å². The highest BCUT2D eigenvalue weighted by Gasteiger charge is 1.94. The van der Waals surface area contributed by atoms with Gasteiger partial charge in [0.15, 0.2) is 5.11 Å². The SMILES string of the molecule is CCCCOCc1ccc(C=NNC(N)=S)cc1. The minimum Gasteiger partial charge on any atom is -0.377 e. The number of nitrogens with one attached hydrogen (secondary N) is 1. The highest BCUT2D eigenvalue weighted by molar-refractivity contribution is 7.80. The number of unbranched alkanes of at least 4 members (excludes halogenated alkanes) is 1. The van der Waals surface area contributed by atoms with Crippen LogP contribution in [0.5, 0.6) is 0 Å². The summed E-state index contributed by atoms with van der Waals surface area (Å²) < 4.78 is 5.53. The molecule has 0 aromatic heterocycles. The average Bonchev–Trinajstić information content (AvgIpc) is 2.36. The van der Waals surface area contributed by atoms with Gasteiger partial charge in [0.05, 0.1) is 12.8 Å². The second-order valence-corrected chi connectivity index (χ2v) is 4.32. The number of thiocarbonyl (C=S) groups is 1. The molecule has 0 aliphatic heterocycles. The first kappa shape index (κ1) is 14.6. The highest BCUT2D eigenvalue weighted by Crippen LogP contribution is 2.04. The number of nitrogens with two attached hydrogens (primary N) is 1. The maximum absolute atomic E-state index is 5.53. The van der Waals surface area contributed by atoms with E-state index in [0.717, 1.165) is 30.6 Å². The maximum Gasteiger partial charge on any atom is 0.184 e. The summed E-state index contributed by atoms with van der Waals surface area (Å²) in [5.41, 5.74) is 9.90. The summed E-state index contributed by atoms with van der Waals surface area (Å²) in [5.74, 6) is 0. The summed E-state index contributed by atoms with van der Waals surface area (Å²) in [7, 11) is 0. The van der Waals surface area contributed by atoms with Crippen LogP contribution in [0, 0.1) is 0 Å². The predicted octanol–water partition coefficient (Wildman–Crippen LogP) is 2.17. The van der Waals surface area contributed by atoms with Crippen LogP contribution in [0.1, 0.15) is 30.9 Å². The Morgan fingerprint density at radius 2 is 2.17 bits per heavy atom. The fourth-order valence-electron chi connectivity index (χ4n) is 1.31. The Morgan fingerprint density at radius 1 is 1.44 bits per heavy atom. The Kier molecular flexibility index (Phi) is 6.98. The largest absolute Gasteiger partial charge is 0.377 e. The van der Waals surface area contributed by atoms with Gasteiger partial charge in [-0.15, -0.1) is 0 Å². The van der Waals surface area contributed by atoms with E-state index in [2.05, 4.69) is 29.7 Å². The molecule has 1 aromatic carbocycles. The number of hydrazone groups is 1. The summed E-state index contributed by atoms with van der Waals surface area (Å²) in [6.45, 7) is 3.62. The molecule has 0 aliphatic carbocycles. The first-order chi connectivity index (χ1) is 8.72. The van der Waals surface area contributed by atoms with Gasteiger partial charge in [0.1, 0.15) is 0 Å². The van der Waals surface area contributed by atoms with Crippen molar-refractivity contribution in [1.82, 2.24) is 5.43 Å². The summed E-state index contributed by atoms with van der Waals surface area (Å²) in [6, 6.07) is 7.99. The monoisotopic (exact) mass is 265 g/mol. The Hall–Kier alpha value is -1.46. The van der Waals surface area contributed by atoms with Crippen LogP contribution in [0.25, 0.3) is 0 Å². The summed E-state index contributed by atoms with van der Waals surface area (Å²) >= 11 is 4.64. The van der Waals surface area contributed by atoms with Gasteiger partial charge in [0, 0.05) is 6.61 Å². The Labute approximate surface area is 113 Å². The van der Waals surface area contributed by atoms with Crippen molar-refractivity contribution in [1.29, 1.82) is 0 Å². The maximum atomic E-state index is 5.53. The molecule has 0 radical (unpaired) electrons. The van der Waals surface area contributed by atoms with Gasteiger partial charge >= 0.3 is 0 Å². The first-order valence-electron chi connectivity index (χ1n) is 5.97. The van der Waals surface area contributed by atoms with Crippen molar-refractivity contribution in [3.63, 3.8) is 0 Å². The van der Waals surface area contributed by atoms with Crippen LogP contribution in [-0.2, 0) is 11.3 Å². The number of rotatable bonds is 7. The molecule has 1 rings (SSSR count). The minimum absolute atomic E-state index is 0.159. The molecule has 0 fully saturated rings. The smallest absolute Gasteiger partial charge is 0.184 e. The van der Waals surface area contributed by atoms with Gasteiger partial charge in [0.2, 0.25) is 0 Å². The van der Waals surface area contributed by atoms with Gasteiger partial charge < -0.3 is 10.5 Å². The molecule has 0 spiro atoms. The molecule has 0 bridgehead atoms. The number of benzene rings is 1. The highest BCUT2D eigenvalue weighted by atomic mass is 32.1. The predicted molar refractivity (Wildman–Crippen MR) is 78.5 cm³/mol. The lowest BCUT2D eigenvalue weighted by molar-refractivity contribution is 0.118. The van der Waals surface area contributed by atoms with Crippen LogP contribution < -0.4 is 11.2 Å². The molecule has 1 aromatic rings. The zero-order chi connectivity index (χ0) is 13.2. The Bertz CT molecular complexity index is 390. The quantitative estimate of drug-likeness (QED) is 0.343. The molecule has 0 unspecified atom stereocenters. The van der Waals surface area contributed by atoms with Crippen LogP contribution in [0.15, 0.2) is 29.4 Å². The topological polar surface area (TPSA) is 59.6 Å². The van der Waals surface area contributed by atoms with Crippen LogP contribution in [-0.4, -0.2) is 17.9 Å². The molecular formula is C13H19N3OS. The standard InChI is InChI=1S/C13H19N3OS/c1-2-3-8-17-10-12-6-4-11(5-7-12)9-15-16-13(14)18/h4-7,9H,2-3,8,10H2,1H3,(H3,14,16,18). The van der Waals surface area contributed by atoms with E-state index in [4.69, 9.17) is 10.5 Å². The van der Waals surface area contributed by atoms with E-state index < -0.39 is 0 Å². The van der Waals surface area contributed by atoms with Crippen molar-refractivity contribution in [2.75, 3.05) is 6.61 Å². The molecule has 0 aliphatic rings. The fourth-order valence-corrected chi connectivity index (χ4v) is 1.36. The minimum atomic E-state index is 0.159. The summed E-state index contributed by atoms with van der Waals surface area (Å²) in [5, 5.41) is 4.04. The summed E-state index contributed by atoms with van der Waals surface area (Å²) in [4.78, 5) is 0. The third-order valence-corrected chi connectivity index (χ3v) is 2.37. The zero-order valence-electron chi connectivity index (χ0n) is 10.6. The molecular weight excluding hydrogens is 246 g/mol. The van der Waals surface area contributed by atoms with E-state index in [-0.39, 0.29) is 5.11 Å². The average molecular weight is 265 g/mol. The lowest BCUT2D eigenvalue weighted by Crippen LogP contribution is -2.23. The van der Waals surface area contributed by atoms with Gasteiger partial charge in [0.25, 0.3) is 0 Å². The molecule has 98 valence electrons.